The Morgan fingerprint density at radius 1 is 1.40 bits per heavy atom. The lowest BCUT2D eigenvalue weighted by molar-refractivity contribution is 0.146. The predicted octanol–water partition coefficient (Wildman–Crippen LogP) is 3.73. The Labute approximate surface area is 122 Å². The molecule has 1 atom stereocenters. The van der Waals surface area contributed by atoms with Gasteiger partial charge >= 0.3 is 0 Å². The molecular formula is C17H24N2O. The van der Waals surface area contributed by atoms with E-state index in [1.54, 1.807) is 0 Å². The van der Waals surface area contributed by atoms with Crippen LogP contribution in [-0.2, 0) is 5.41 Å². The molecule has 0 saturated carbocycles. The predicted molar refractivity (Wildman–Crippen MR) is 82.2 cm³/mol. The van der Waals surface area contributed by atoms with Crippen molar-refractivity contribution in [2.45, 2.75) is 46.1 Å². The minimum atomic E-state index is 0.0994. The number of anilines is 1. The van der Waals surface area contributed by atoms with Gasteiger partial charge in [0.25, 0.3) is 0 Å². The standard InChI is InChI=1S/C17H24N2O/c1-12(2)16-11-19(9-8-18)14-10-13(17(3,4)5)6-7-15(14)20-16/h6-7,10,12,16H,9,11H2,1-5H3. The van der Waals surface area contributed by atoms with Gasteiger partial charge in [0.15, 0.2) is 0 Å². The van der Waals surface area contributed by atoms with Crippen molar-refractivity contribution in [1.29, 1.82) is 5.26 Å². The van der Waals surface area contributed by atoms with Crippen LogP contribution in [0, 0.1) is 17.2 Å². The number of benzene rings is 1. The van der Waals surface area contributed by atoms with Gasteiger partial charge in [0, 0.05) is 0 Å². The summed E-state index contributed by atoms with van der Waals surface area (Å²) in [6.45, 7) is 12.1. The van der Waals surface area contributed by atoms with E-state index >= 15 is 0 Å². The smallest absolute Gasteiger partial charge is 0.143 e. The number of rotatable bonds is 2. The molecule has 1 unspecified atom stereocenters. The summed E-state index contributed by atoms with van der Waals surface area (Å²) < 4.78 is 6.09. The van der Waals surface area contributed by atoms with Crippen molar-refractivity contribution in [3.05, 3.63) is 23.8 Å². The zero-order valence-electron chi connectivity index (χ0n) is 13.1. The largest absolute Gasteiger partial charge is 0.486 e. The number of fused-ring (bicyclic) bond motifs is 1. The van der Waals surface area contributed by atoms with Crippen LogP contribution in [-0.4, -0.2) is 19.2 Å². The summed E-state index contributed by atoms with van der Waals surface area (Å²) in [6, 6.07) is 8.62. The number of nitrogens with zero attached hydrogens (tertiary/aromatic N) is 2. The second kappa shape index (κ2) is 5.36. The van der Waals surface area contributed by atoms with Crippen LogP contribution in [0.2, 0.25) is 0 Å². The first kappa shape index (κ1) is 14.7. The topological polar surface area (TPSA) is 36.3 Å². The summed E-state index contributed by atoms with van der Waals surface area (Å²) in [5.74, 6) is 1.34. The second-order valence-corrected chi connectivity index (χ2v) is 6.87. The molecule has 0 spiro atoms. The Hall–Kier alpha value is -1.69. The maximum Gasteiger partial charge on any atom is 0.143 e. The van der Waals surface area contributed by atoms with E-state index in [2.05, 4.69) is 63.8 Å². The fourth-order valence-electron chi connectivity index (χ4n) is 2.43. The fraction of sp³-hybridized carbons (Fsp3) is 0.588. The van der Waals surface area contributed by atoms with Gasteiger partial charge in [-0.15, -0.1) is 0 Å². The molecule has 0 bridgehead atoms. The van der Waals surface area contributed by atoms with Crippen molar-refractivity contribution in [3.8, 4) is 11.8 Å². The van der Waals surface area contributed by atoms with Crippen LogP contribution in [0.5, 0.6) is 5.75 Å². The highest BCUT2D eigenvalue weighted by molar-refractivity contribution is 5.63. The first-order valence-corrected chi connectivity index (χ1v) is 7.26. The molecule has 108 valence electrons. The normalized spacial score (nSPS) is 18.4. The molecule has 1 aromatic carbocycles. The Morgan fingerprint density at radius 3 is 2.65 bits per heavy atom. The van der Waals surface area contributed by atoms with E-state index < -0.39 is 0 Å². The van der Waals surface area contributed by atoms with Gasteiger partial charge in [0.2, 0.25) is 0 Å². The molecule has 1 aromatic rings. The first-order valence-electron chi connectivity index (χ1n) is 7.26. The maximum atomic E-state index is 9.07. The average molecular weight is 272 g/mol. The van der Waals surface area contributed by atoms with Gasteiger partial charge in [-0.3, -0.25) is 0 Å². The van der Waals surface area contributed by atoms with E-state index in [0.717, 1.165) is 18.0 Å². The third-order valence-electron chi connectivity index (χ3n) is 3.85. The van der Waals surface area contributed by atoms with Crippen molar-refractivity contribution >= 4 is 5.69 Å². The maximum absolute atomic E-state index is 9.07. The van der Waals surface area contributed by atoms with Crippen molar-refractivity contribution < 1.29 is 4.74 Å². The lowest BCUT2D eigenvalue weighted by Crippen LogP contribution is -2.43. The summed E-state index contributed by atoms with van der Waals surface area (Å²) in [5.41, 5.74) is 2.42. The van der Waals surface area contributed by atoms with Crippen LogP contribution in [0.4, 0.5) is 5.69 Å². The summed E-state index contributed by atoms with van der Waals surface area (Å²) in [6.07, 6.45) is 0.149. The third kappa shape index (κ3) is 2.90. The monoisotopic (exact) mass is 272 g/mol. The summed E-state index contributed by atoms with van der Waals surface area (Å²) in [7, 11) is 0. The molecule has 2 rings (SSSR count). The van der Waals surface area contributed by atoms with Crippen molar-refractivity contribution in [3.63, 3.8) is 0 Å². The van der Waals surface area contributed by atoms with Crippen LogP contribution >= 0.6 is 0 Å². The van der Waals surface area contributed by atoms with Gasteiger partial charge in [0.05, 0.1) is 18.3 Å². The fourth-order valence-corrected chi connectivity index (χ4v) is 2.43. The van der Waals surface area contributed by atoms with Crippen LogP contribution in [0.3, 0.4) is 0 Å². The number of hydrogen-bond donors (Lipinski definition) is 0. The van der Waals surface area contributed by atoms with E-state index in [1.807, 2.05) is 0 Å². The first-order chi connectivity index (χ1) is 9.32. The summed E-state index contributed by atoms with van der Waals surface area (Å²) in [4.78, 5) is 2.14. The molecule has 3 heteroatoms. The van der Waals surface area contributed by atoms with Gasteiger partial charge in [-0.05, 0) is 29.0 Å². The van der Waals surface area contributed by atoms with Gasteiger partial charge in [-0.2, -0.15) is 5.26 Å². The van der Waals surface area contributed by atoms with Crippen LogP contribution in [0.15, 0.2) is 18.2 Å². The van der Waals surface area contributed by atoms with Crippen LogP contribution in [0.1, 0.15) is 40.2 Å². The Morgan fingerprint density at radius 2 is 2.10 bits per heavy atom. The minimum Gasteiger partial charge on any atom is -0.486 e. The summed E-state index contributed by atoms with van der Waals surface area (Å²) in [5, 5.41) is 9.07. The van der Waals surface area contributed by atoms with E-state index in [4.69, 9.17) is 10.00 Å². The van der Waals surface area contributed by atoms with E-state index in [1.165, 1.54) is 5.56 Å². The zero-order chi connectivity index (χ0) is 14.9. The van der Waals surface area contributed by atoms with Crippen LogP contribution in [0.25, 0.3) is 0 Å². The van der Waals surface area contributed by atoms with Gasteiger partial charge in [0.1, 0.15) is 18.4 Å². The van der Waals surface area contributed by atoms with E-state index in [-0.39, 0.29) is 11.5 Å². The van der Waals surface area contributed by atoms with E-state index in [0.29, 0.717) is 12.5 Å². The lowest BCUT2D eigenvalue weighted by Gasteiger charge is -2.37. The molecule has 0 amide bonds. The van der Waals surface area contributed by atoms with Crippen LogP contribution < -0.4 is 9.64 Å². The molecule has 0 fully saturated rings. The number of ether oxygens (including phenoxy) is 1. The summed E-state index contributed by atoms with van der Waals surface area (Å²) >= 11 is 0. The molecule has 1 aliphatic rings. The molecule has 20 heavy (non-hydrogen) atoms. The van der Waals surface area contributed by atoms with E-state index in [9.17, 15) is 0 Å². The molecule has 1 aliphatic heterocycles. The van der Waals surface area contributed by atoms with Crippen molar-refractivity contribution in [1.82, 2.24) is 0 Å². The minimum absolute atomic E-state index is 0.0994. The highest BCUT2D eigenvalue weighted by Gasteiger charge is 2.28. The molecule has 0 radical (unpaired) electrons. The molecule has 0 aliphatic carbocycles. The zero-order valence-corrected chi connectivity index (χ0v) is 13.1. The second-order valence-electron chi connectivity index (χ2n) is 6.87. The van der Waals surface area contributed by atoms with Gasteiger partial charge < -0.3 is 9.64 Å². The molecular weight excluding hydrogens is 248 g/mol. The van der Waals surface area contributed by atoms with Gasteiger partial charge in [-0.1, -0.05) is 40.7 Å². The Kier molecular flexibility index (Phi) is 3.94. The lowest BCUT2D eigenvalue weighted by atomic mass is 9.86. The number of nitriles is 1. The van der Waals surface area contributed by atoms with Crippen molar-refractivity contribution in [2.24, 2.45) is 5.92 Å². The highest BCUT2D eigenvalue weighted by Crippen LogP contribution is 2.38. The average Bonchev–Trinajstić information content (AvgIpc) is 2.37. The SMILES string of the molecule is CC(C)C1CN(CC#N)c2cc(C(C)(C)C)ccc2O1. The molecule has 0 N–H and O–H groups in total. The molecule has 0 saturated heterocycles. The Balaban J connectivity index is 2.41. The van der Waals surface area contributed by atoms with Crippen molar-refractivity contribution in [2.75, 3.05) is 18.0 Å². The molecule has 3 nitrogen and oxygen atoms in total. The molecule has 1 heterocycles. The number of hydrogen-bond acceptors (Lipinski definition) is 3. The van der Waals surface area contributed by atoms with Gasteiger partial charge in [-0.25, -0.2) is 0 Å². The third-order valence-corrected chi connectivity index (χ3v) is 3.85. The highest BCUT2D eigenvalue weighted by atomic mass is 16.5. The Bertz CT molecular complexity index is 523. The quantitative estimate of drug-likeness (QED) is 0.770. The molecule has 0 aromatic heterocycles.